The molecule has 0 saturated carbocycles. The number of nitrogens with two attached hydrogens (primary N) is 1. The van der Waals surface area contributed by atoms with Gasteiger partial charge in [-0.3, -0.25) is 4.79 Å². The van der Waals surface area contributed by atoms with Crippen LogP contribution in [-0.2, 0) is 4.79 Å². The van der Waals surface area contributed by atoms with Crippen LogP contribution in [0.3, 0.4) is 0 Å². The Balaban J connectivity index is 2.71. The van der Waals surface area contributed by atoms with Gasteiger partial charge in [0.05, 0.1) is 6.54 Å². The number of amides is 1. The van der Waals surface area contributed by atoms with E-state index in [9.17, 15) is 4.79 Å². The molecular formula is C8H13BrN6O. The Morgan fingerprint density at radius 2 is 2.12 bits per heavy atom. The van der Waals surface area contributed by atoms with Gasteiger partial charge < -0.3 is 15.6 Å². The molecule has 0 aliphatic rings. The fourth-order valence-electron chi connectivity index (χ4n) is 0.911. The molecule has 4 N–H and O–H groups in total. The van der Waals surface area contributed by atoms with E-state index in [2.05, 4.69) is 36.6 Å². The van der Waals surface area contributed by atoms with Crippen molar-refractivity contribution in [3.8, 4) is 0 Å². The Morgan fingerprint density at radius 3 is 2.69 bits per heavy atom. The van der Waals surface area contributed by atoms with Crippen LogP contribution in [0.1, 0.15) is 0 Å². The van der Waals surface area contributed by atoms with Gasteiger partial charge in [0.25, 0.3) is 0 Å². The number of carbonyl (C=O) groups excluding carboxylic acids is 1. The second kappa shape index (κ2) is 5.61. The number of aromatic nitrogens is 2. The van der Waals surface area contributed by atoms with E-state index in [4.69, 9.17) is 5.84 Å². The summed E-state index contributed by atoms with van der Waals surface area (Å²) in [5.41, 5.74) is 2.41. The molecule has 1 amide bonds. The summed E-state index contributed by atoms with van der Waals surface area (Å²) in [6, 6.07) is 0. The molecule has 0 aliphatic heterocycles. The standard InChI is InChI=1S/C8H13BrN6O/c1-15(2)5(16)3-11-7-6(9)8(14-10)13-4-12-7/h4H,3,10H2,1-2H3,(H2,11,12,13,14). The van der Waals surface area contributed by atoms with E-state index in [0.717, 1.165) is 0 Å². The normalized spacial score (nSPS) is 9.75. The van der Waals surface area contributed by atoms with Gasteiger partial charge in [0.15, 0.2) is 5.82 Å². The summed E-state index contributed by atoms with van der Waals surface area (Å²) in [7, 11) is 3.37. The minimum absolute atomic E-state index is 0.0484. The third-order valence-electron chi connectivity index (χ3n) is 1.83. The smallest absolute Gasteiger partial charge is 0.241 e. The second-order valence-corrected chi connectivity index (χ2v) is 3.96. The molecule has 8 heteroatoms. The number of anilines is 2. The Morgan fingerprint density at radius 1 is 1.50 bits per heavy atom. The van der Waals surface area contributed by atoms with Crippen LogP contribution >= 0.6 is 15.9 Å². The number of carbonyl (C=O) groups is 1. The number of hydrogen-bond donors (Lipinski definition) is 3. The highest BCUT2D eigenvalue weighted by Gasteiger charge is 2.09. The number of hydrazine groups is 1. The van der Waals surface area contributed by atoms with Crippen LogP contribution in [0.5, 0.6) is 0 Å². The SMILES string of the molecule is CN(C)C(=O)CNc1ncnc(NN)c1Br. The lowest BCUT2D eigenvalue weighted by Gasteiger charge is -2.12. The monoisotopic (exact) mass is 288 g/mol. The van der Waals surface area contributed by atoms with Gasteiger partial charge in [-0.2, -0.15) is 0 Å². The predicted octanol–water partition coefficient (Wildman–Crippen LogP) is 0.0248. The zero-order valence-electron chi connectivity index (χ0n) is 8.99. The Labute approximate surface area is 102 Å². The first-order valence-electron chi connectivity index (χ1n) is 4.47. The molecule has 0 bridgehead atoms. The van der Waals surface area contributed by atoms with Crippen molar-refractivity contribution in [1.82, 2.24) is 14.9 Å². The maximum Gasteiger partial charge on any atom is 0.241 e. The van der Waals surface area contributed by atoms with Gasteiger partial charge in [0.2, 0.25) is 5.91 Å². The first-order valence-corrected chi connectivity index (χ1v) is 5.26. The first-order chi connectivity index (χ1) is 7.56. The fraction of sp³-hybridized carbons (Fsp3) is 0.375. The molecule has 0 radical (unpaired) electrons. The van der Waals surface area contributed by atoms with E-state index in [0.29, 0.717) is 16.1 Å². The van der Waals surface area contributed by atoms with Crippen LogP contribution in [0.2, 0.25) is 0 Å². The van der Waals surface area contributed by atoms with Crippen LogP contribution < -0.4 is 16.6 Å². The van der Waals surface area contributed by atoms with E-state index in [1.165, 1.54) is 11.2 Å². The first kappa shape index (κ1) is 12.7. The maximum absolute atomic E-state index is 11.3. The van der Waals surface area contributed by atoms with Gasteiger partial charge >= 0.3 is 0 Å². The van der Waals surface area contributed by atoms with Crippen LogP contribution in [0, 0.1) is 0 Å². The largest absolute Gasteiger partial charge is 0.360 e. The van der Waals surface area contributed by atoms with E-state index in [1.54, 1.807) is 14.1 Å². The van der Waals surface area contributed by atoms with Crippen molar-refractivity contribution in [2.45, 2.75) is 0 Å². The molecule has 88 valence electrons. The highest BCUT2D eigenvalue weighted by molar-refractivity contribution is 9.10. The van der Waals surface area contributed by atoms with E-state index < -0.39 is 0 Å². The third-order valence-corrected chi connectivity index (χ3v) is 2.58. The summed E-state index contributed by atoms with van der Waals surface area (Å²) in [6.07, 6.45) is 1.35. The third kappa shape index (κ3) is 3.04. The Bertz CT molecular complexity index is 383. The van der Waals surface area contributed by atoms with E-state index in [1.807, 2.05) is 0 Å². The molecule has 0 aromatic carbocycles. The molecule has 0 aliphatic carbocycles. The second-order valence-electron chi connectivity index (χ2n) is 3.17. The molecule has 7 nitrogen and oxygen atoms in total. The van der Waals surface area contributed by atoms with Crippen LogP contribution in [-0.4, -0.2) is 41.4 Å². The molecule has 0 unspecified atom stereocenters. The van der Waals surface area contributed by atoms with Crippen LogP contribution in [0.4, 0.5) is 11.6 Å². The number of rotatable bonds is 4. The summed E-state index contributed by atoms with van der Waals surface area (Å²) >= 11 is 3.27. The Kier molecular flexibility index (Phi) is 4.44. The van der Waals surface area contributed by atoms with Gasteiger partial charge in [-0.1, -0.05) is 0 Å². The average molecular weight is 289 g/mol. The van der Waals surface area contributed by atoms with Crippen molar-refractivity contribution in [2.75, 3.05) is 31.4 Å². The van der Waals surface area contributed by atoms with Crippen molar-refractivity contribution in [3.05, 3.63) is 10.8 Å². The minimum atomic E-state index is -0.0484. The number of hydrogen-bond acceptors (Lipinski definition) is 6. The minimum Gasteiger partial charge on any atom is -0.360 e. The Hall–Kier alpha value is -1.41. The lowest BCUT2D eigenvalue weighted by atomic mass is 10.5. The van der Waals surface area contributed by atoms with E-state index >= 15 is 0 Å². The molecule has 1 heterocycles. The molecule has 0 atom stereocenters. The quantitative estimate of drug-likeness (QED) is 0.534. The zero-order chi connectivity index (χ0) is 12.1. The summed E-state index contributed by atoms with van der Waals surface area (Å²) < 4.78 is 0.587. The molecule has 0 spiro atoms. The van der Waals surface area contributed by atoms with Crippen molar-refractivity contribution >= 4 is 33.5 Å². The summed E-state index contributed by atoms with van der Waals surface area (Å²) in [6.45, 7) is 0.159. The molecule has 0 fully saturated rings. The number of nitrogen functional groups attached to an aromatic ring is 1. The number of nitrogens with one attached hydrogen (secondary N) is 2. The fourth-order valence-corrected chi connectivity index (χ4v) is 1.37. The predicted molar refractivity (Wildman–Crippen MR) is 64.7 cm³/mol. The molecule has 1 rings (SSSR count). The maximum atomic E-state index is 11.3. The zero-order valence-corrected chi connectivity index (χ0v) is 10.6. The van der Waals surface area contributed by atoms with Crippen molar-refractivity contribution < 1.29 is 4.79 Å². The van der Waals surface area contributed by atoms with Crippen molar-refractivity contribution in [1.29, 1.82) is 0 Å². The van der Waals surface area contributed by atoms with Gasteiger partial charge in [0.1, 0.15) is 16.6 Å². The molecule has 1 aromatic heterocycles. The van der Waals surface area contributed by atoms with Crippen LogP contribution in [0.15, 0.2) is 10.8 Å². The lowest BCUT2D eigenvalue weighted by Crippen LogP contribution is -2.29. The highest BCUT2D eigenvalue weighted by Crippen LogP contribution is 2.25. The molecule has 0 saturated heterocycles. The van der Waals surface area contributed by atoms with Crippen molar-refractivity contribution in [3.63, 3.8) is 0 Å². The number of halogens is 1. The number of nitrogens with zero attached hydrogens (tertiary/aromatic N) is 3. The molecule has 1 aromatic rings. The summed E-state index contributed by atoms with van der Waals surface area (Å²) in [5, 5.41) is 2.88. The van der Waals surface area contributed by atoms with Gasteiger partial charge in [0, 0.05) is 14.1 Å². The van der Waals surface area contributed by atoms with E-state index in [-0.39, 0.29) is 12.5 Å². The topological polar surface area (TPSA) is 96.2 Å². The van der Waals surface area contributed by atoms with Crippen LogP contribution in [0.25, 0.3) is 0 Å². The highest BCUT2D eigenvalue weighted by atomic mass is 79.9. The van der Waals surface area contributed by atoms with Gasteiger partial charge in [-0.15, -0.1) is 0 Å². The number of likely N-dealkylation sites (N-methyl/N-ethyl adjacent to an activating group) is 1. The summed E-state index contributed by atoms with van der Waals surface area (Å²) in [5.74, 6) is 6.17. The molecular weight excluding hydrogens is 276 g/mol. The van der Waals surface area contributed by atoms with Crippen molar-refractivity contribution in [2.24, 2.45) is 5.84 Å². The summed E-state index contributed by atoms with van der Waals surface area (Å²) in [4.78, 5) is 20.7. The molecule has 16 heavy (non-hydrogen) atoms. The van der Waals surface area contributed by atoms with Gasteiger partial charge in [-0.05, 0) is 15.9 Å². The van der Waals surface area contributed by atoms with Gasteiger partial charge in [-0.25, -0.2) is 15.8 Å². The lowest BCUT2D eigenvalue weighted by molar-refractivity contribution is -0.126. The average Bonchev–Trinajstić information content (AvgIpc) is 2.27.